The van der Waals surface area contributed by atoms with Crippen LogP contribution in [-0.2, 0) is 17.9 Å². The predicted octanol–water partition coefficient (Wildman–Crippen LogP) is 3.75. The summed E-state index contributed by atoms with van der Waals surface area (Å²) in [6, 6.07) is 7.75. The van der Waals surface area contributed by atoms with Crippen molar-refractivity contribution < 1.29 is 9.21 Å². The molecule has 1 atom stereocenters. The minimum atomic E-state index is -0.0816. The maximum absolute atomic E-state index is 12.5. The summed E-state index contributed by atoms with van der Waals surface area (Å²) in [5.41, 5.74) is 1.04. The lowest BCUT2D eigenvalue weighted by Gasteiger charge is -2.22. The molecule has 0 aromatic carbocycles. The van der Waals surface area contributed by atoms with Crippen LogP contribution >= 0.6 is 22.7 Å². The van der Waals surface area contributed by atoms with Gasteiger partial charge in [0, 0.05) is 11.9 Å². The first-order valence-corrected chi connectivity index (χ1v) is 10.1. The van der Waals surface area contributed by atoms with Gasteiger partial charge in [-0.15, -0.1) is 22.7 Å². The second-order valence-corrected chi connectivity index (χ2v) is 7.85. The molecule has 4 rings (SSSR count). The number of amides is 1. The summed E-state index contributed by atoms with van der Waals surface area (Å²) in [5, 5.41) is 8.21. The fourth-order valence-corrected chi connectivity index (χ4v) is 4.74. The van der Waals surface area contributed by atoms with E-state index in [2.05, 4.69) is 27.0 Å². The first-order valence-electron chi connectivity index (χ1n) is 8.32. The molecule has 0 radical (unpaired) electrons. The zero-order valence-electron chi connectivity index (χ0n) is 13.7. The van der Waals surface area contributed by atoms with E-state index in [-0.39, 0.29) is 11.9 Å². The van der Waals surface area contributed by atoms with Gasteiger partial charge < -0.3 is 9.73 Å². The van der Waals surface area contributed by atoms with E-state index in [9.17, 15) is 4.79 Å². The van der Waals surface area contributed by atoms with E-state index < -0.39 is 0 Å². The van der Waals surface area contributed by atoms with E-state index in [0.29, 0.717) is 6.54 Å². The zero-order valence-corrected chi connectivity index (χ0v) is 15.3. The third-order valence-corrected chi connectivity index (χ3v) is 6.26. The van der Waals surface area contributed by atoms with E-state index in [1.165, 1.54) is 4.88 Å². The van der Waals surface area contributed by atoms with Gasteiger partial charge in [0.15, 0.2) is 0 Å². The molecule has 1 saturated heterocycles. The average molecular weight is 374 g/mol. The van der Waals surface area contributed by atoms with Crippen LogP contribution in [0.25, 0.3) is 9.88 Å². The molecule has 1 unspecified atom stereocenters. The quantitative estimate of drug-likeness (QED) is 0.715. The fourth-order valence-electron chi connectivity index (χ4n) is 3.12. The van der Waals surface area contributed by atoms with Crippen LogP contribution in [0, 0.1) is 0 Å². The van der Waals surface area contributed by atoms with Crippen LogP contribution in [0.3, 0.4) is 0 Å². The molecule has 4 heterocycles. The van der Waals surface area contributed by atoms with E-state index in [1.807, 2.05) is 18.2 Å². The molecule has 1 amide bonds. The molecular formula is C18H19N3O2S2. The van der Waals surface area contributed by atoms with E-state index in [4.69, 9.17) is 9.40 Å². The highest BCUT2D eigenvalue weighted by molar-refractivity contribution is 7.20. The molecule has 0 saturated carbocycles. The van der Waals surface area contributed by atoms with Gasteiger partial charge in [-0.2, -0.15) is 0 Å². The molecule has 0 spiro atoms. The number of aromatic nitrogens is 1. The van der Waals surface area contributed by atoms with Crippen LogP contribution in [0.15, 0.2) is 45.7 Å². The summed E-state index contributed by atoms with van der Waals surface area (Å²) in [5.74, 6) is 0.848. The summed E-state index contributed by atoms with van der Waals surface area (Å²) in [6.07, 6.45) is 3.56. The standard InChI is InChI=1S/C18H19N3O2S2/c22-17(19-10-14-4-2-8-23-14)15-5-1-7-21(15)11-13-12-25-18(20-13)16-6-3-9-24-16/h2-4,6,8-9,12,15H,1,5,7,10-11H2,(H,19,22). The van der Waals surface area contributed by atoms with Crippen LogP contribution < -0.4 is 5.32 Å². The highest BCUT2D eigenvalue weighted by Crippen LogP contribution is 2.29. The summed E-state index contributed by atoms with van der Waals surface area (Å²) in [6.45, 7) is 2.10. The molecule has 25 heavy (non-hydrogen) atoms. The van der Waals surface area contributed by atoms with Gasteiger partial charge in [-0.3, -0.25) is 9.69 Å². The number of likely N-dealkylation sites (tertiary alicyclic amines) is 1. The molecular weight excluding hydrogens is 354 g/mol. The van der Waals surface area contributed by atoms with Crippen LogP contribution in [-0.4, -0.2) is 28.4 Å². The first kappa shape index (κ1) is 16.5. The van der Waals surface area contributed by atoms with E-state index in [1.54, 1.807) is 28.9 Å². The van der Waals surface area contributed by atoms with Gasteiger partial charge in [-0.25, -0.2) is 4.98 Å². The summed E-state index contributed by atoms with van der Waals surface area (Å²) >= 11 is 3.37. The zero-order chi connectivity index (χ0) is 17.1. The Morgan fingerprint density at radius 3 is 3.12 bits per heavy atom. The number of rotatable bonds is 6. The topological polar surface area (TPSA) is 58.4 Å². The molecule has 3 aromatic heterocycles. The first-order chi connectivity index (χ1) is 12.3. The van der Waals surface area contributed by atoms with Gasteiger partial charge in [-0.05, 0) is 43.0 Å². The van der Waals surface area contributed by atoms with Crippen LogP contribution in [0.1, 0.15) is 24.3 Å². The third-order valence-electron chi connectivity index (χ3n) is 4.33. The van der Waals surface area contributed by atoms with Crippen LogP contribution in [0.5, 0.6) is 0 Å². The monoisotopic (exact) mass is 373 g/mol. The number of carbonyl (C=O) groups excluding carboxylic acids is 1. The van der Waals surface area contributed by atoms with Crippen molar-refractivity contribution >= 4 is 28.6 Å². The normalized spacial score (nSPS) is 17.8. The smallest absolute Gasteiger partial charge is 0.237 e. The summed E-state index contributed by atoms with van der Waals surface area (Å²) in [7, 11) is 0. The lowest BCUT2D eigenvalue weighted by Crippen LogP contribution is -2.42. The lowest BCUT2D eigenvalue weighted by atomic mass is 10.2. The predicted molar refractivity (Wildman–Crippen MR) is 99.4 cm³/mol. The van der Waals surface area contributed by atoms with Crippen LogP contribution in [0.4, 0.5) is 0 Å². The highest BCUT2D eigenvalue weighted by atomic mass is 32.1. The van der Waals surface area contributed by atoms with Gasteiger partial charge in [0.05, 0.1) is 29.4 Å². The van der Waals surface area contributed by atoms with Gasteiger partial charge in [0.25, 0.3) is 0 Å². The number of thiazole rings is 1. The lowest BCUT2D eigenvalue weighted by molar-refractivity contribution is -0.125. The van der Waals surface area contributed by atoms with Crippen molar-refractivity contribution in [3.8, 4) is 9.88 Å². The van der Waals surface area contributed by atoms with Crippen LogP contribution in [0.2, 0.25) is 0 Å². The van der Waals surface area contributed by atoms with Gasteiger partial charge in [-0.1, -0.05) is 6.07 Å². The Hall–Kier alpha value is -1.96. The van der Waals surface area contributed by atoms with Gasteiger partial charge >= 0.3 is 0 Å². The Labute approximate surface area is 154 Å². The maximum atomic E-state index is 12.5. The molecule has 3 aromatic rings. The molecule has 130 valence electrons. The number of thiophene rings is 1. The molecule has 1 aliphatic rings. The largest absolute Gasteiger partial charge is 0.467 e. The Balaban J connectivity index is 1.37. The fraction of sp³-hybridized carbons (Fsp3) is 0.333. The Morgan fingerprint density at radius 1 is 1.36 bits per heavy atom. The SMILES string of the molecule is O=C(NCc1ccco1)C1CCCN1Cc1csc(-c2cccs2)n1. The van der Waals surface area contributed by atoms with Crippen molar-refractivity contribution in [2.24, 2.45) is 0 Å². The molecule has 1 fully saturated rings. The van der Waals surface area contributed by atoms with Crippen molar-refractivity contribution in [3.05, 3.63) is 52.7 Å². The number of carbonyl (C=O) groups is 1. The second kappa shape index (κ2) is 7.51. The Bertz CT molecular complexity index is 811. The molecule has 7 heteroatoms. The van der Waals surface area contributed by atoms with Gasteiger partial charge in [0.1, 0.15) is 10.8 Å². The van der Waals surface area contributed by atoms with E-state index in [0.717, 1.165) is 42.4 Å². The summed E-state index contributed by atoms with van der Waals surface area (Å²) < 4.78 is 5.27. The molecule has 0 aliphatic carbocycles. The van der Waals surface area contributed by atoms with Crippen molar-refractivity contribution in [2.75, 3.05) is 6.54 Å². The summed E-state index contributed by atoms with van der Waals surface area (Å²) in [4.78, 5) is 20.7. The molecule has 1 aliphatic heterocycles. The molecule has 1 N–H and O–H groups in total. The van der Waals surface area contributed by atoms with Crippen molar-refractivity contribution in [3.63, 3.8) is 0 Å². The molecule has 5 nitrogen and oxygen atoms in total. The van der Waals surface area contributed by atoms with Crippen molar-refractivity contribution in [1.82, 2.24) is 15.2 Å². The van der Waals surface area contributed by atoms with Crippen molar-refractivity contribution in [2.45, 2.75) is 32.0 Å². The van der Waals surface area contributed by atoms with Crippen molar-refractivity contribution in [1.29, 1.82) is 0 Å². The minimum absolute atomic E-state index is 0.0719. The Morgan fingerprint density at radius 2 is 2.32 bits per heavy atom. The van der Waals surface area contributed by atoms with Gasteiger partial charge in [0.2, 0.25) is 5.91 Å². The Kier molecular flexibility index (Phi) is 4.96. The number of hydrogen-bond donors (Lipinski definition) is 1. The maximum Gasteiger partial charge on any atom is 0.237 e. The van der Waals surface area contributed by atoms with E-state index >= 15 is 0 Å². The molecule has 0 bridgehead atoms. The number of nitrogens with zero attached hydrogens (tertiary/aromatic N) is 2. The number of nitrogens with one attached hydrogen (secondary N) is 1. The average Bonchev–Trinajstić information content (AvgIpc) is 3.39. The highest BCUT2D eigenvalue weighted by Gasteiger charge is 2.31. The second-order valence-electron chi connectivity index (χ2n) is 6.05. The number of furan rings is 1. The third kappa shape index (κ3) is 3.84. The minimum Gasteiger partial charge on any atom is -0.467 e. The number of hydrogen-bond acceptors (Lipinski definition) is 6.